The van der Waals surface area contributed by atoms with Gasteiger partial charge in [0.2, 0.25) is 15.9 Å². The summed E-state index contributed by atoms with van der Waals surface area (Å²) in [6.07, 6.45) is 0. The summed E-state index contributed by atoms with van der Waals surface area (Å²) < 4.78 is 45.6. The fourth-order valence-corrected chi connectivity index (χ4v) is 3.85. The number of ether oxygens (including phenoxy) is 1. The number of rotatable bonds is 8. The smallest absolute Gasteiger partial charge is 0.240 e. The van der Waals surface area contributed by atoms with Crippen molar-refractivity contribution < 1.29 is 22.3 Å². The van der Waals surface area contributed by atoms with Gasteiger partial charge in [0.15, 0.2) is 0 Å². The molecule has 0 saturated carbocycles. The van der Waals surface area contributed by atoms with E-state index in [0.717, 1.165) is 5.56 Å². The van der Waals surface area contributed by atoms with E-state index < -0.39 is 10.0 Å². The number of methoxy groups -OCH3 is 1. The van der Waals surface area contributed by atoms with Crippen LogP contribution in [0.3, 0.4) is 0 Å². The molecule has 2 rings (SSSR count). The van der Waals surface area contributed by atoms with Gasteiger partial charge in [-0.15, -0.1) is 0 Å². The predicted molar refractivity (Wildman–Crippen MR) is 100 cm³/mol. The second-order valence-corrected chi connectivity index (χ2v) is 7.83. The molecular weight excluding hydrogens is 371 g/mol. The molecule has 0 fully saturated rings. The molecule has 0 unspecified atom stereocenters. The van der Waals surface area contributed by atoms with Crippen LogP contribution < -0.4 is 9.46 Å². The van der Waals surface area contributed by atoms with Crippen molar-refractivity contribution in [2.75, 3.05) is 20.2 Å². The minimum absolute atomic E-state index is 0.0641. The lowest BCUT2D eigenvalue weighted by molar-refractivity contribution is -0.129. The molecule has 0 aliphatic rings. The number of benzene rings is 2. The molecule has 0 saturated heterocycles. The molecule has 146 valence electrons. The lowest BCUT2D eigenvalue weighted by Gasteiger charge is -2.21. The van der Waals surface area contributed by atoms with E-state index in [0.29, 0.717) is 11.3 Å². The van der Waals surface area contributed by atoms with Gasteiger partial charge in [-0.2, -0.15) is 0 Å². The van der Waals surface area contributed by atoms with Crippen LogP contribution in [0.15, 0.2) is 47.4 Å². The van der Waals surface area contributed by atoms with Crippen molar-refractivity contribution >= 4 is 15.9 Å². The van der Waals surface area contributed by atoms with Crippen LogP contribution in [0.5, 0.6) is 5.75 Å². The van der Waals surface area contributed by atoms with Crippen LogP contribution >= 0.6 is 0 Å². The molecule has 0 heterocycles. The van der Waals surface area contributed by atoms with Crippen LogP contribution in [0, 0.1) is 12.7 Å². The van der Waals surface area contributed by atoms with Crippen LogP contribution in [0.25, 0.3) is 0 Å². The first-order valence-electron chi connectivity index (χ1n) is 8.37. The largest absolute Gasteiger partial charge is 0.497 e. The second kappa shape index (κ2) is 8.96. The number of aryl methyl sites for hydroxylation is 1. The Bertz CT molecular complexity index is 898. The number of carbonyl (C=O) groups excluding carboxylic acids is 1. The van der Waals surface area contributed by atoms with Crippen molar-refractivity contribution in [3.05, 3.63) is 59.4 Å². The standard InChI is InChI=1S/C19H23FN2O4S/c1-14-12-18(26-3)8-9-19(14)27(24,25)21-10-11-22(15(2)23)13-16-4-6-17(20)7-5-16/h4-9,12,21H,10-11,13H2,1-3H3. The summed E-state index contributed by atoms with van der Waals surface area (Å²) in [4.78, 5) is 13.5. The minimum Gasteiger partial charge on any atom is -0.497 e. The Morgan fingerprint density at radius 3 is 2.41 bits per heavy atom. The third kappa shape index (κ3) is 5.77. The molecule has 27 heavy (non-hydrogen) atoms. The SMILES string of the molecule is COc1ccc(S(=O)(=O)NCCN(Cc2ccc(F)cc2)C(C)=O)c(C)c1. The summed E-state index contributed by atoms with van der Waals surface area (Å²) in [6.45, 7) is 3.63. The van der Waals surface area contributed by atoms with Gasteiger partial charge in [-0.3, -0.25) is 4.79 Å². The van der Waals surface area contributed by atoms with Crippen molar-refractivity contribution in [3.8, 4) is 5.75 Å². The van der Waals surface area contributed by atoms with Crippen molar-refractivity contribution in [2.45, 2.75) is 25.3 Å². The number of hydrogen-bond donors (Lipinski definition) is 1. The highest BCUT2D eigenvalue weighted by Gasteiger charge is 2.18. The molecule has 0 aliphatic heterocycles. The summed E-state index contributed by atoms with van der Waals surface area (Å²) in [5, 5.41) is 0. The van der Waals surface area contributed by atoms with Crippen molar-refractivity contribution in [3.63, 3.8) is 0 Å². The molecule has 2 aromatic rings. The van der Waals surface area contributed by atoms with E-state index in [9.17, 15) is 17.6 Å². The van der Waals surface area contributed by atoms with Gasteiger partial charge in [-0.05, 0) is 48.4 Å². The molecular formula is C19H23FN2O4S. The topological polar surface area (TPSA) is 75.7 Å². The summed E-state index contributed by atoms with van der Waals surface area (Å²) in [7, 11) is -2.20. The highest BCUT2D eigenvalue weighted by Crippen LogP contribution is 2.20. The molecule has 0 aromatic heterocycles. The van der Waals surface area contributed by atoms with E-state index in [2.05, 4.69) is 4.72 Å². The Morgan fingerprint density at radius 1 is 1.19 bits per heavy atom. The average molecular weight is 394 g/mol. The Hall–Kier alpha value is -2.45. The quantitative estimate of drug-likeness (QED) is 0.746. The van der Waals surface area contributed by atoms with Gasteiger partial charge in [0.1, 0.15) is 11.6 Å². The number of amides is 1. The zero-order chi connectivity index (χ0) is 20.0. The van der Waals surface area contributed by atoms with Crippen LogP contribution in [0.1, 0.15) is 18.1 Å². The molecule has 2 aromatic carbocycles. The molecule has 0 bridgehead atoms. The maximum atomic E-state index is 13.0. The average Bonchev–Trinajstić information content (AvgIpc) is 2.62. The number of halogens is 1. The normalized spacial score (nSPS) is 11.3. The fraction of sp³-hybridized carbons (Fsp3) is 0.316. The molecule has 0 spiro atoms. The molecule has 1 amide bonds. The van der Waals surface area contributed by atoms with Gasteiger partial charge in [0, 0.05) is 26.6 Å². The number of sulfonamides is 1. The third-order valence-corrected chi connectivity index (χ3v) is 5.70. The van der Waals surface area contributed by atoms with Gasteiger partial charge in [-0.1, -0.05) is 12.1 Å². The van der Waals surface area contributed by atoms with Crippen LogP contribution in [0.4, 0.5) is 4.39 Å². The van der Waals surface area contributed by atoms with Gasteiger partial charge < -0.3 is 9.64 Å². The zero-order valence-corrected chi connectivity index (χ0v) is 16.3. The van der Waals surface area contributed by atoms with Gasteiger partial charge in [-0.25, -0.2) is 17.5 Å². The highest BCUT2D eigenvalue weighted by molar-refractivity contribution is 7.89. The first-order chi connectivity index (χ1) is 12.7. The van der Waals surface area contributed by atoms with E-state index in [1.165, 1.54) is 37.1 Å². The predicted octanol–water partition coefficient (Wildman–Crippen LogP) is 2.47. The molecule has 0 radical (unpaired) electrons. The number of carbonyl (C=O) groups is 1. The summed E-state index contributed by atoms with van der Waals surface area (Å²) >= 11 is 0. The molecule has 1 N–H and O–H groups in total. The fourth-order valence-electron chi connectivity index (χ4n) is 2.60. The molecule has 6 nitrogen and oxygen atoms in total. The Balaban J connectivity index is 2.01. The minimum atomic E-state index is -3.71. The van der Waals surface area contributed by atoms with Gasteiger partial charge in [0.25, 0.3) is 0 Å². The van der Waals surface area contributed by atoms with Crippen LogP contribution in [0.2, 0.25) is 0 Å². The lowest BCUT2D eigenvalue weighted by Crippen LogP contribution is -2.37. The molecule has 8 heteroatoms. The third-order valence-electron chi connectivity index (χ3n) is 4.08. The van der Waals surface area contributed by atoms with E-state index in [-0.39, 0.29) is 36.3 Å². The zero-order valence-electron chi connectivity index (χ0n) is 15.5. The van der Waals surface area contributed by atoms with Crippen molar-refractivity contribution in [2.24, 2.45) is 0 Å². The van der Waals surface area contributed by atoms with E-state index >= 15 is 0 Å². The molecule has 0 aliphatic carbocycles. The van der Waals surface area contributed by atoms with Crippen molar-refractivity contribution in [1.29, 1.82) is 0 Å². The van der Waals surface area contributed by atoms with Gasteiger partial charge >= 0.3 is 0 Å². The second-order valence-electron chi connectivity index (χ2n) is 6.10. The van der Waals surface area contributed by atoms with Crippen molar-refractivity contribution in [1.82, 2.24) is 9.62 Å². The van der Waals surface area contributed by atoms with E-state index in [1.54, 1.807) is 31.2 Å². The highest BCUT2D eigenvalue weighted by atomic mass is 32.2. The Kier molecular flexibility index (Phi) is 6.92. The summed E-state index contributed by atoms with van der Waals surface area (Å²) in [6, 6.07) is 10.5. The van der Waals surface area contributed by atoms with E-state index in [1.807, 2.05) is 0 Å². The van der Waals surface area contributed by atoms with E-state index in [4.69, 9.17) is 4.74 Å². The number of nitrogens with one attached hydrogen (secondary N) is 1. The van der Waals surface area contributed by atoms with Crippen LogP contribution in [-0.4, -0.2) is 39.4 Å². The van der Waals surface area contributed by atoms with Crippen LogP contribution in [-0.2, 0) is 21.4 Å². The Labute approximate surface area is 159 Å². The first kappa shape index (κ1) is 20.9. The first-order valence-corrected chi connectivity index (χ1v) is 9.85. The summed E-state index contributed by atoms with van der Waals surface area (Å²) in [5.74, 6) is 0.0309. The Morgan fingerprint density at radius 2 is 1.85 bits per heavy atom. The number of hydrogen-bond acceptors (Lipinski definition) is 4. The maximum Gasteiger partial charge on any atom is 0.240 e. The maximum absolute atomic E-state index is 13.0. The summed E-state index contributed by atoms with van der Waals surface area (Å²) in [5.41, 5.74) is 1.33. The monoisotopic (exact) mass is 394 g/mol. The lowest BCUT2D eigenvalue weighted by atomic mass is 10.2. The number of nitrogens with zero attached hydrogens (tertiary/aromatic N) is 1. The molecule has 0 atom stereocenters. The van der Waals surface area contributed by atoms with Gasteiger partial charge in [0.05, 0.1) is 12.0 Å².